The topological polar surface area (TPSA) is 0 Å². The molecule has 3 saturated carbocycles. The van der Waals surface area contributed by atoms with E-state index in [0.717, 1.165) is 17.3 Å². The second kappa shape index (κ2) is 1.91. The molecule has 68 valence electrons. The molecule has 0 spiro atoms. The van der Waals surface area contributed by atoms with Crippen molar-refractivity contribution in [3.63, 3.8) is 0 Å². The maximum atomic E-state index is 2.56. The molecule has 0 aromatic carbocycles. The fourth-order valence-electron chi connectivity index (χ4n) is 4.51. The van der Waals surface area contributed by atoms with Crippen LogP contribution in [0.15, 0.2) is 0 Å². The van der Waals surface area contributed by atoms with Crippen LogP contribution in [0, 0.1) is 35.0 Å². The first-order valence-electron chi connectivity index (χ1n) is 5.71. The standard InChI is InChI=1S/C12H20/c1-4-8-6-5-7(2)9-10-11(9)12(8,10)3/h7-11H,4-6H2,1-3H3. The van der Waals surface area contributed by atoms with Crippen LogP contribution in [-0.4, -0.2) is 0 Å². The molecule has 0 N–H and O–H groups in total. The van der Waals surface area contributed by atoms with E-state index in [4.69, 9.17) is 0 Å². The average Bonchev–Trinajstić information content (AvgIpc) is 2.88. The van der Waals surface area contributed by atoms with E-state index < -0.39 is 0 Å². The Kier molecular flexibility index (Phi) is 1.18. The largest absolute Gasteiger partial charge is 0.0651 e. The highest BCUT2D eigenvalue weighted by molar-refractivity contribution is 5.30. The fourth-order valence-corrected chi connectivity index (χ4v) is 4.51. The molecule has 0 bridgehead atoms. The third-order valence-corrected chi connectivity index (χ3v) is 5.40. The highest BCUT2D eigenvalue weighted by atomic mass is 14.9. The first-order chi connectivity index (χ1) is 5.71. The van der Waals surface area contributed by atoms with Crippen molar-refractivity contribution in [2.45, 2.75) is 40.0 Å². The Balaban J connectivity index is 1.84. The van der Waals surface area contributed by atoms with Gasteiger partial charge in [-0.15, -0.1) is 0 Å². The average molecular weight is 164 g/mol. The fraction of sp³-hybridized carbons (Fsp3) is 1.00. The first kappa shape index (κ1) is 7.41. The number of fused-ring (bicyclic) bond motifs is 2. The molecule has 3 aliphatic carbocycles. The Morgan fingerprint density at radius 1 is 1.25 bits per heavy atom. The third kappa shape index (κ3) is 0.592. The van der Waals surface area contributed by atoms with Crippen molar-refractivity contribution in [1.82, 2.24) is 0 Å². The van der Waals surface area contributed by atoms with Crippen LogP contribution in [0.25, 0.3) is 0 Å². The lowest BCUT2D eigenvalue weighted by molar-refractivity contribution is 0.210. The van der Waals surface area contributed by atoms with Gasteiger partial charge in [0.25, 0.3) is 0 Å². The Labute approximate surface area is 75.7 Å². The molecule has 0 aromatic heterocycles. The van der Waals surface area contributed by atoms with Gasteiger partial charge in [-0.2, -0.15) is 0 Å². The van der Waals surface area contributed by atoms with Gasteiger partial charge in [0.05, 0.1) is 0 Å². The molecular formula is C12H20. The minimum Gasteiger partial charge on any atom is -0.0651 e. The molecule has 3 fully saturated rings. The molecule has 3 aliphatic rings. The summed E-state index contributed by atoms with van der Waals surface area (Å²) in [4.78, 5) is 0. The van der Waals surface area contributed by atoms with Gasteiger partial charge < -0.3 is 0 Å². The Hall–Kier alpha value is 0. The van der Waals surface area contributed by atoms with E-state index in [1.807, 2.05) is 0 Å². The van der Waals surface area contributed by atoms with Gasteiger partial charge in [0.2, 0.25) is 0 Å². The summed E-state index contributed by atoms with van der Waals surface area (Å²) < 4.78 is 0. The second-order valence-corrected chi connectivity index (χ2v) is 5.65. The normalized spacial score (nSPS) is 66.8. The van der Waals surface area contributed by atoms with Gasteiger partial charge >= 0.3 is 0 Å². The van der Waals surface area contributed by atoms with E-state index in [9.17, 15) is 0 Å². The Morgan fingerprint density at radius 3 is 2.50 bits per heavy atom. The number of hydrogen-bond donors (Lipinski definition) is 0. The predicted molar refractivity (Wildman–Crippen MR) is 50.8 cm³/mol. The minimum atomic E-state index is 0.837. The summed E-state index contributed by atoms with van der Waals surface area (Å²) in [6.45, 7) is 7.43. The lowest BCUT2D eigenvalue weighted by Crippen LogP contribution is -2.21. The van der Waals surface area contributed by atoms with Crippen molar-refractivity contribution in [3.8, 4) is 0 Å². The van der Waals surface area contributed by atoms with E-state index >= 15 is 0 Å². The van der Waals surface area contributed by atoms with Crippen molar-refractivity contribution < 1.29 is 0 Å². The van der Waals surface area contributed by atoms with Crippen LogP contribution in [-0.2, 0) is 0 Å². The van der Waals surface area contributed by atoms with E-state index in [1.165, 1.54) is 37.0 Å². The van der Waals surface area contributed by atoms with Gasteiger partial charge in [-0.05, 0) is 41.4 Å². The smallest absolute Gasteiger partial charge is 0.0229 e. The molecule has 0 aliphatic heterocycles. The molecule has 4 atom stereocenters. The summed E-state index contributed by atoms with van der Waals surface area (Å²) in [5.41, 5.74) is 0.837. The van der Waals surface area contributed by atoms with Crippen molar-refractivity contribution in [2.24, 2.45) is 35.0 Å². The second-order valence-electron chi connectivity index (χ2n) is 5.65. The molecule has 0 nitrogen and oxygen atoms in total. The zero-order valence-corrected chi connectivity index (χ0v) is 8.51. The molecule has 0 aromatic rings. The molecule has 3 rings (SSSR count). The van der Waals surface area contributed by atoms with Crippen LogP contribution in [0.4, 0.5) is 0 Å². The van der Waals surface area contributed by atoms with E-state index in [0.29, 0.717) is 0 Å². The van der Waals surface area contributed by atoms with Gasteiger partial charge in [0.15, 0.2) is 0 Å². The quantitative estimate of drug-likeness (QED) is 0.557. The van der Waals surface area contributed by atoms with Gasteiger partial charge in [0.1, 0.15) is 0 Å². The van der Waals surface area contributed by atoms with Gasteiger partial charge in [-0.3, -0.25) is 0 Å². The zero-order valence-electron chi connectivity index (χ0n) is 8.51. The van der Waals surface area contributed by atoms with E-state index in [-0.39, 0.29) is 0 Å². The van der Waals surface area contributed by atoms with E-state index in [1.54, 1.807) is 0 Å². The van der Waals surface area contributed by atoms with Gasteiger partial charge in [-0.1, -0.05) is 33.6 Å². The molecule has 0 heterocycles. The van der Waals surface area contributed by atoms with E-state index in [2.05, 4.69) is 20.8 Å². The predicted octanol–water partition coefficient (Wildman–Crippen LogP) is 3.32. The minimum absolute atomic E-state index is 0.837. The summed E-state index contributed by atoms with van der Waals surface area (Å²) in [7, 11) is 0. The highest BCUT2D eigenvalue weighted by Crippen LogP contribution is 2.87. The molecule has 4 unspecified atom stereocenters. The molecule has 0 saturated heterocycles. The molecule has 0 amide bonds. The lowest BCUT2D eigenvalue weighted by Gasteiger charge is -2.27. The number of rotatable bonds is 1. The molecule has 0 radical (unpaired) electrons. The van der Waals surface area contributed by atoms with Crippen molar-refractivity contribution >= 4 is 0 Å². The van der Waals surface area contributed by atoms with Crippen LogP contribution in [0.3, 0.4) is 0 Å². The molecular weight excluding hydrogens is 144 g/mol. The number of hydrogen-bond acceptors (Lipinski definition) is 0. The highest BCUT2D eigenvalue weighted by Gasteiger charge is 2.83. The summed E-state index contributed by atoms with van der Waals surface area (Å²) in [5, 5.41) is 0. The Morgan fingerprint density at radius 2 is 1.92 bits per heavy atom. The zero-order chi connectivity index (χ0) is 8.51. The van der Waals surface area contributed by atoms with Crippen LogP contribution in [0.2, 0.25) is 0 Å². The first-order valence-corrected chi connectivity index (χ1v) is 5.71. The molecule has 0 heteroatoms. The van der Waals surface area contributed by atoms with Crippen LogP contribution < -0.4 is 0 Å². The summed E-state index contributed by atoms with van der Waals surface area (Å²) >= 11 is 0. The van der Waals surface area contributed by atoms with Crippen LogP contribution in [0.1, 0.15) is 40.0 Å². The van der Waals surface area contributed by atoms with Crippen molar-refractivity contribution in [2.75, 3.05) is 0 Å². The van der Waals surface area contributed by atoms with Crippen LogP contribution >= 0.6 is 0 Å². The monoisotopic (exact) mass is 164 g/mol. The maximum absolute atomic E-state index is 2.56. The molecule has 12 heavy (non-hydrogen) atoms. The summed E-state index contributed by atoms with van der Waals surface area (Å²) in [5.74, 6) is 5.67. The van der Waals surface area contributed by atoms with Gasteiger partial charge in [-0.25, -0.2) is 0 Å². The van der Waals surface area contributed by atoms with Gasteiger partial charge in [0, 0.05) is 0 Å². The van der Waals surface area contributed by atoms with Crippen LogP contribution in [0.5, 0.6) is 0 Å². The van der Waals surface area contributed by atoms with Crippen molar-refractivity contribution in [3.05, 3.63) is 0 Å². The third-order valence-electron chi connectivity index (χ3n) is 5.40. The summed E-state index contributed by atoms with van der Waals surface area (Å²) in [6, 6.07) is 0. The maximum Gasteiger partial charge on any atom is -0.0229 e. The SMILES string of the molecule is CCC1CCC(C)C2C3C2C13C. The lowest BCUT2D eigenvalue weighted by atomic mass is 9.77. The van der Waals surface area contributed by atoms with Crippen molar-refractivity contribution in [1.29, 1.82) is 0 Å². The Bertz CT molecular complexity index is 208. The summed E-state index contributed by atoms with van der Waals surface area (Å²) in [6.07, 6.45) is 4.48.